The summed E-state index contributed by atoms with van der Waals surface area (Å²) in [5, 5.41) is -0.208. The van der Waals surface area contributed by atoms with Crippen LogP contribution in [-0.2, 0) is 6.42 Å². The van der Waals surface area contributed by atoms with Crippen LogP contribution in [0.15, 0.2) is 42.5 Å². The zero-order valence-corrected chi connectivity index (χ0v) is 11.5. The van der Waals surface area contributed by atoms with Crippen molar-refractivity contribution in [3.05, 3.63) is 70.0 Å². The third-order valence-corrected chi connectivity index (χ3v) is 3.77. The van der Waals surface area contributed by atoms with Gasteiger partial charge in [-0.1, -0.05) is 48.0 Å². The van der Waals surface area contributed by atoms with Gasteiger partial charge < -0.3 is 0 Å². The van der Waals surface area contributed by atoms with Gasteiger partial charge in [-0.2, -0.15) is 0 Å². The Hall–Kier alpha value is -1.05. The Labute approximate surface area is 116 Å². The van der Waals surface area contributed by atoms with Crippen LogP contribution in [0.1, 0.15) is 22.1 Å². The van der Waals surface area contributed by atoms with E-state index in [1.165, 1.54) is 11.6 Å². The Morgan fingerprint density at radius 1 is 1.11 bits per heavy atom. The molecule has 0 aliphatic heterocycles. The van der Waals surface area contributed by atoms with E-state index >= 15 is 0 Å². The Morgan fingerprint density at radius 2 is 1.83 bits per heavy atom. The molecule has 0 fully saturated rings. The van der Waals surface area contributed by atoms with E-state index in [4.69, 9.17) is 23.2 Å². The zero-order chi connectivity index (χ0) is 13.1. The summed E-state index contributed by atoms with van der Waals surface area (Å²) >= 11 is 12.3. The molecule has 0 radical (unpaired) electrons. The molecule has 0 saturated carbocycles. The van der Waals surface area contributed by atoms with Crippen LogP contribution in [0.3, 0.4) is 0 Å². The van der Waals surface area contributed by atoms with Crippen LogP contribution in [0.25, 0.3) is 0 Å². The summed E-state index contributed by atoms with van der Waals surface area (Å²) < 4.78 is 13.4. The van der Waals surface area contributed by atoms with Gasteiger partial charge in [0.1, 0.15) is 5.82 Å². The molecule has 0 bridgehead atoms. The fourth-order valence-corrected chi connectivity index (χ4v) is 2.57. The van der Waals surface area contributed by atoms with Crippen molar-refractivity contribution >= 4 is 23.2 Å². The third-order valence-electron chi connectivity index (χ3n) is 2.98. The van der Waals surface area contributed by atoms with Crippen molar-refractivity contribution in [3.8, 4) is 0 Å². The minimum atomic E-state index is -0.426. The van der Waals surface area contributed by atoms with Gasteiger partial charge in [0.2, 0.25) is 0 Å². The van der Waals surface area contributed by atoms with E-state index in [0.717, 1.165) is 5.56 Å². The van der Waals surface area contributed by atoms with Crippen LogP contribution in [0.4, 0.5) is 4.39 Å². The number of aryl methyl sites for hydroxylation is 1. The van der Waals surface area contributed by atoms with Crippen molar-refractivity contribution in [3.63, 3.8) is 0 Å². The Bertz CT molecular complexity index is 552. The van der Waals surface area contributed by atoms with Gasteiger partial charge in [-0.3, -0.25) is 0 Å². The minimum Gasteiger partial charge on any atom is -0.205 e. The fourth-order valence-electron chi connectivity index (χ4n) is 1.90. The normalized spacial score (nSPS) is 12.4. The van der Waals surface area contributed by atoms with E-state index in [1.54, 1.807) is 12.1 Å². The number of rotatable bonds is 3. The first kappa shape index (κ1) is 13.4. The van der Waals surface area contributed by atoms with Gasteiger partial charge >= 0.3 is 0 Å². The molecule has 0 heterocycles. The Balaban J connectivity index is 2.25. The maximum atomic E-state index is 13.4. The molecule has 0 aliphatic rings. The SMILES string of the molecule is Cc1ccccc1CC(Cl)c1cccc(F)c1Cl. The van der Waals surface area contributed by atoms with Crippen molar-refractivity contribution in [1.29, 1.82) is 0 Å². The molecule has 0 aromatic heterocycles. The molecule has 3 heteroatoms. The lowest BCUT2D eigenvalue weighted by atomic mass is 10.00. The molecular weight excluding hydrogens is 270 g/mol. The summed E-state index contributed by atoms with van der Waals surface area (Å²) in [4.78, 5) is 0. The second-order valence-corrected chi connectivity index (χ2v) is 5.15. The van der Waals surface area contributed by atoms with Gasteiger partial charge in [-0.15, -0.1) is 11.6 Å². The second-order valence-electron chi connectivity index (χ2n) is 4.24. The first-order valence-corrected chi connectivity index (χ1v) is 6.53. The van der Waals surface area contributed by atoms with E-state index in [9.17, 15) is 4.39 Å². The maximum absolute atomic E-state index is 13.4. The van der Waals surface area contributed by atoms with Gasteiger partial charge in [0.25, 0.3) is 0 Å². The lowest BCUT2D eigenvalue weighted by molar-refractivity contribution is 0.625. The van der Waals surface area contributed by atoms with Crippen molar-refractivity contribution in [2.24, 2.45) is 0 Å². The highest BCUT2D eigenvalue weighted by atomic mass is 35.5. The third kappa shape index (κ3) is 2.85. The first-order chi connectivity index (χ1) is 8.59. The molecule has 0 nitrogen and oxygen atoms in total. The molecule has 0 amide bonds. The molecule has 0 spiro atoms. The molecule has 0 N–H and O–H groups in total. The largest absolute Gasteiger partial charge is 0.205 e. The molecular formula is C15H13Cl2F. The quantitative estimate of drug-likeness (QED) is 0.669. The number of halogens is 3. The van der Waals surface area contributed by atoms with Gasteiger partial charge in [0.05, 0.1) is 10.4 Å². The Morgan fingerprint density at radius 3 is 2.56 bits per heavy atom. The molecule has 2 aromatic rings. The van der Waals surface area contributed by atoms with Crippen molar-refractivity contribution < 1.29 is 4.39 Å². The summed E-state index contributed by atoms with van der Waals surface area (Å²) in [7, 11) is 0. The molecule has 0 saturated heterocycles. The number of hydrogen-bond donors (Lipinski definition) is 0. The highest BCUT2D eigenvalue weighted by molar-refractivity contribution is 6.33. The van der Waals surface area contributed by atoms with Crippen molar-refractivity contribution in [2.45, 2.75) is 18.7 Å². The van der Waals surface area contributed by atoms with Crippen molar-refractivity contribution in [1.82, 2.24) is 0 Å². The number of alkyl halides is 1. The average Bonchev–Trinajstić information content (AvgIpc) is 2.35. The maximum Gasteiger partial charge on any atom is 0.142 e. The van der Waals surface area contributed by atoms with Gasteiger partial charge in [-0.25, -0.2) is 4.39 Å². The fraction of sp³-hybridized carbons (Fsp3) is 0.200. The van der Waals surface area contributed by atoms with E-state index in [-0.39, 0.29) is 10.4 Å². The van der Waals surface area contributed by atoms with Crippen LogP contribution in [0, 0.1) is 12.7 Å². The summed E-state index contributed by atoms with van der Waals surface area (Å²) in [6, 6.07) is 12.7. The van der Waals surface area contributed by atoms with Crippen LogP contribution in [0.5, 0.6) is 0 Å². The molecule has 2 aromatic carbocycles. The van der Waals surface area contributed by atoms with Gasteiger partial charge in [0.15, 0.2) is 0 Å². The summed E-state index contributed by atoms with van der Waals surface area (Å²) in [5.41, 5.74) is 2.97. The highest BCUT2D eigenvalue weighted by Gasteiger charge is 2.15. The highest BCUT2D eigenvalue weighted by Crippen LogP contribution is 2.32. The zero-order valence-electron chi connectivity index (χ0n) is 9.96. The predicted molar refractivity (Wildman–Crippen MR) is 74.9 cm³/mol. The van der Waals surface area contributed by atoms with Gasteiger partial charge in [-0.05, 0) is 36.1 Å². The molecule has 1 atom stereocenters. The standard InChI is InChI=1S/C15H13Cl2F/c1-10-5-2-3-6-11(10)9-13(16)12-7-4-8-14(18)15(12)17/h2-8,13H,9H2,1H3. The molecule has 18 heavy (non-hydrogen) atoms. The Kier molecular flexibility index (Phi) is 4.26. The van der Waals surface area contributed by atoms with E-state index in [0.29, 0.717) is 12.0 Å². The number of hydrogen-bond acceptors (Lipinski definition) is 0. The topological polar surface area (TPSA) is 0 Å². The van der Waals surface area contributed by atoms with Crippen LogP contribution in [-0.4, -0.2) is 0 Å². The second kappa shape index (κ2) is 5.73. The van der Waals surface area contributed by atoms with Crippen molar-refractivity contribution in [2.75, 3.05) is 0 Å². The van der Waals surface area contributed by atoms with Crippen LogP contribution >= 0.6 is 23.2 Å². The molecule has 2 rings (SSSR count). The number of benzene rings is 2. The molecule has 1 unspecified atom stereocenters. The lowest BCUT2D eigenvalue weighted by Gasteiger charge is -2.13. The summed E-state index contributed by atoms with van der Waals surface area (Å²) in [6.07, 6.45) is 0.636. The van der Waals surface area contributed by atoms with Crippen LogP contribution < -0.4 is 0 Å². The van der Waals surface area contributed by atoms with E-state index in [2.05, 4.69) is 0 Å². The molecule has 0 aliphatic carbocycles. The average molecular weight is 283 g/mol. The first-order valence-electron chi connectivity index (χ1n) is 5.72. The van der Waals surface area contributed by atoms with Crippen LogP contribution in [0.2, 0.25) is 5.02 Å². The van der Waals surface area contributed by atoms with E-state index in [1.807, 2.05) is 31.2 Å². The predicted octanol–water partition coefficient (Wildman–Crippen LogP) is 5.31. The lowest BCUT2D eigenvalue weighted by Crippen LogP contribution is -1.99. The van der Waals surface area contributed by atoms with E-state index < -0.39 is 5.82 Å². The summed E-state index contributed by atoms with van der Waals surface area (Å²) in [6.45, 7) is 2.03. The monoisotopic (exact) mass is 282 g/mol. The summed E-state index contributed by atoms with van der Waals surface area (Å²) in [5.74, 6) is -0.426. The van der Waals surface area contributed by atoms with Gasteiger partial charge in [0, 0.05) is 0 Å². The smallest absolute Gasteiger partial charge is 0.142 e. The minimum absolute atomic E-state index is 0.117. The molecule has 94 valence electrons.